The van der Waals surface area contributed by atoms with Gasteiger partial charge in [0.2, 0.25) is 0 Å². The van der Waals surface area contributed by atoms with Gasteiger partial charge < -0.3 is 15.1 Å². The highest BCUT2D eigenvalue weighted by atomic mass is 16.3. The Morgan fingerprint density at radius 3 is 2.72 bits per heavy atom. The van der Waals surface area contributed by atoms with Crippen LogP contribution >= 0.6 is 0 Å². The maximum absolute atomic E-state index is 12.5. The molecule has 0 spiro atoms. The molecule has 4 heteroatoms. The van der Waals surface area contributed by atoms with E-state index in [0.29, 0.717) is 24.9 Å². The molecular formula is C14H22N2O2. The largest absolute Gasteiger partial charge is 0.459 e. The first kappa shape index (κ1) is 13.1. The molecule has 0 bridgehead atoms. The fourth-order valence-electron chi connectivity index (χ4n) is 2.70. The zero-order valence-electron chi connectivity index (χ0n) is 11.0. The summed E-state index contributed by atoms with van der Waals surface area (Å²) in [6, 6.07) is 2.16. The molecule has 1 aliphatic carbocycles. The van der Waals surface area contributed by atoms with E-state index < -0.39 is 0 Å². The summed E-state index contributed by atoms with van der Waals surface area (Å²) < 4.78 is 5.31. The van der Waals surface area contributed by atoms with Gasteiger partial charge in [0.05, 0.1) is 6.26 Å². The highest BCUT2D eigenvalue weighted by Gasteiger charge is 2.28. The third-order valence-corrected chi connectivity index (χ3v) is 3.70. The topological polar surface area (TPSA) is 59.5 Å². The van der Waals surface area contributed by atoms with Crippen LogP contribution in [-0.4, -0.2) is 29.9 Å². The highest BCUT2D eigenvalue weighted by Crippen LogP contribution is 2.24. The van der Waals surface area contributed by atoms with Crippen molar-refractivity contribution in [3.8, 4) is 0 Å². The van der Waals surface area contributed by atoms with Crippen LogP contribution in [0.15, 0.2) is 16.7 Å². The lowest BCUT2D eigenvalue weighted by atomic mass is 9.94. The Bertz CT molecular complexity index is 394. The van der Waals surface area contributed by atoms with Crippen molar-refractivity contribution in [1.82, 2.24) is 4.90 Å². The molecule has 1 saturated carbocycles. The van der Waals surface area contributed by atoms with Crippen molar-refractivity contribution in [2.24, 2.45) is 5.73 Å². The first-order valence-electron chi connectivity index (χ1n) is 6.79. The van der Waals surface area contributed by atoms with Crippen molar-refractivity contribution in [1.29, 1.82) is 0 Å². The molecule has 1 heterocycles. The predicted molar refractivity (Wildman–Crippen MR) is 70.4 cm³/mol. The van der Waals surface area contributed by atoms with Crippen LogP contribution in [0.3, 0.4) is 0 Å². The Morgan fingerprint density at radius 2 is 2.17 bits per heavy atom. The Hall–Kier alpha value is -1.29. The molecule has 0 saturated heterocycles. The molecule has 0 aliphatic heterocycles. The second-order valence-corrected chi connectivity index (χ2v) is 5.01. The minimum absolute atomic E-state index is 0.00477. The molecule has 18 heavy (non-hydrogen) atoms. The maximum atomic E-state index is 12.5. The number of rotatable bonds is 4. The molecule has 0 aromatic carbocycles. The summed E-state index contributed by atoms with van der Waals surface area (Å²) in [5, 5.41) is 0. The van der Waals surface area contributed by atoms with Crippen molar-refractivity contribution in [2.75, 3.05) is 13.1 Å². The Labute approximate surface area is 108 Å². The fourth-order valence-corrected chi connectivity index (χ4v) is 2.70. The molecule has 0 unspecified atom stereocenters. The summed E-state index contributed by atoms with van der Waals surface area (Å²) in [5.74, 6) is 0.462. The lowest BCUT2D eigenvalue weighted by molar-refractivity contribution is 0.0608. The number of nitrogens with zero attached hydrogens (tertiary/aromatic N) is 1. The van der Waals surface area contributed by atoms with Gasteiger partial charge in [-0.05, 0) is 25.8 Å². The van der Waals surface area contributed by atoms with E-state index in [1.807, 2.05) is 17.9 Å². The van der Waals surface area contributed by atoms with Crippen LogP contribution in [0.4, 0.5) is 0 Å². The average Bonchev–Trinajstić information content (AvgIpc) is 2.82. The number of carbonyl (C=O) groups excluding carboxylic acids is 1. The van der Waals surface area contributed by atoms with Gasteiger partial charge in [0.1, 0.15) is 0 Å². The van der Waals surface area contributed by atoms with Gasteiger partial charge in [-0.3, -0.25) is 4.79 Å². The normalized spacial score (nSPS) is 16.8. The summed E-state index contributed by atoms with van der Waals surface area (Å²) in [7, 11) is 0. The van der Waals surface area contributed by atoms with E-state index in [4.69, 9.17) is 10.2 Å². The quantitative estimate of drug-likeness (QED) is 0.892. The Balaban J connectivity index is 2.13. The van der Waals surface area contributed by atoms with Crippen LogP contribution in [0, 0.1) is 6.92 Å². The molecule has 1 fully saturated rings. The number of aryl methyl sites for hydroxylation is 1. The van der Waals surface area contributed by atoms with Gasteiger partial charge in [-0.2, -0.15) is 0 Å². The van der Waals surface area contributed by atoms with E-state index in [1.54, 1.807) is 6.26 Å². The van der Waals surface area contributed by atoms with Crippen LogP contribution in [-0.2, 0) is 0 Å². The van der Waals surface area contributed by atoms with Crippen molar-refractivity contribution >= 4 is 5.91 Å². The van der Waals surface area contributed by atoms with Crippen LogP contribution in [0.25, 0.3) is 0 Å². The van der Waals surface area contributed by atoms with E-state index in [-0.39, 0.29) is 5.91 Å². The molecule has 1 aliphatic rings. The molecule has 2 rings (SSSR count). The summed E-state index contributed by atoms with van der Waals surface area (Å²) in [6.07, 6.45) is 7.44. The van der Waals surface area contributed by atoms with Crippen LogP contribution in [0.2, 0.25) is 0 Å². The third kappa shape index (κ3) is 2.75. The zero-order chi connectivity index (χ0) is 13.0. The number of nitrogens with two attached hydrogens (primary N) is 1. The number of amides is 1. The second kappa shape index (κ2) is 6.05. The first-order chi connectivity index (χ1) is 8.74. The molecule has 2 N–H and O–H groups in total. The summed E-state index contributed by atoms with van der Waals surface area (Å²) in [6.45, 7) is 3.02. The SMILES string of the molecule is Cc1ccoc1C(=O)N(CCN)C1CCCCC1. The van der Waals surface area contributed by atoms with E-state index in [0.717, 1.165) is 18.4 Å². The Kier molecular flexibility index (Phi) is 4.42. The second-order valence-electron chi connectivity index (χ2n) is 5.01. The summed E-state index contributed by atoms with van der Waals surface area (Å²) >= 11 is 0. The van der Waals surface area contributed by atoms with E-state index in [2.05, 4.69) is 0 Å². The zero-order valence-corrected chi connectivity index (χ0v) is 11.0. The van der Waals surface area contributed by atoms with E-state index in [9.17, 15) is 4.79 Å². The van der Waals surface area contributed by atoms with Crippen LogP contribution in [0.1, 0.15) is 48.2 Å². The number of furan rings is 1. The molecule has 4 nitrogen and oxygen atoms in total. The Morgan fingerprint density at radius 1 is 1.44 bits per heavy atom. The number of hydrogen-bond acceptors (Lipinski definition) is 3. The van der Waals surface area contributed by atoms with Gasteiger partial charge in [-0.25, -0.2) is 0 Å². The first-order valence-corrected chi connectivity index (χ1v) is 6.79. The molecule has 0 atom stereocenters. The maximum Gasteiger partial charge on any atom is 0.290 e. The number of carbonyl (C=O) groups is 1. The summed E-state index contributed by atoms with van der Waals surface area (Å²) in [4.78, 5) is 14.4. The smallest absolute Gasteiger partial charge is 0.290 e. The van der Waals surface area contributed by atoms with Crippen LogP contribution in [0.5, 0.6) is 0 Å². The molecule has 1 aromatic rings. The van der Waals surface area contributed by atoms with Gasteiger partial charge in [0.15, 0.2) is 5.76 Å². The molecular weight excluding hydrogens is 228 g/mol. The van der Waals surface area contributed by atoms with Crippen molar-refractivity contribution < 1.29 is 9.21 Å². The third-order valence-electron chi connectivity index (χ3n) is 3.70. The highest BCUT2D eigenvalue weighted by molar-refractivity contribution is 5.93. The van der Waals surface area contributed by atoms with Gasteiger partial charge >= 0.3 is 0 Å². The predicted octanol–water partition coefficient (Wildman–Crippen LogP) is 2.32. The minimum Gasteiger partial charge on any atom is -0.459 e. The lowest BCUT2D eigenvalue weighted by Gasteiger charge is -2.33. The number of hydrogen-bond donors (Lipinski definition) is 1. The molecule has 0 radical (unpaired) electrons. The summed E-state index contributed by atoms with van der Waals surface area (Å²) in [5.41, 5.74) is 6.54. The standard InChI is InChI=1S/C14H22N2O2/c1-11-7-10-18-13(11)14(17)16(9-8-15)12-5-3-2-4-6-12/h7,10,12H,2-6,8-9,15H2,1H3. The monoisotopic (exact) mass is 250 g/mol. The van der Waals surface area contributed by atoms with E-state index >= 15 is 0 Å². The minimum atomic E-state index is -0.00477. The van der Waals surface area contributed by atoms with Crippen molar-refractivity contribution in [3.63, 3.8) is 0 Å². The molecule has 1 aromatic heterocycles. The van der Waals surface area contributed by atoms with Gasteiger partial charge in [0, 0.05) is 24.7 Å². The fraction of sp³-hybridized carbons (Fsp3) is 0.643. The van der Waals surface area contributed by atoms with Gasteiger partial charge in [-0.15, -0.1) is 0 Å². The molecule has 100 valence electrons. The average molecular weight is 250 g/mol. The van der Waals surface area contributed by atoms with E-state index in [1.165, 1.54) is 19.3 Å². The van der Waals surface area contributed by atoms with Crippen molar-refractivity contribution in [2.45, 2.75) is 45.1 Å². The van der Waals surface area contributed by atoms with Crippen LogP contribution < -0.4 is 5.73 Å². The van der Waals surface area contributed by atoms with Gasteiger partial charge in [0.25, 0.3) is 5.91 Å². The molecule has 1 amide bonds. The van der Waals surface area contributed by atoms with Gasteiger partial charge in [-0.1, -0.05) is 19.3 Å². The van der Waals surface area contributed by atoms with Crippen molar-refractivity contribution in [3.05, 3.63) is 23.7 Å². The lowest BCUT2D eigenvalue weighted by Crippen LogP contribution is -2.44.